The Morgan fingerprint density at radius 1 is 1.33 bits per heavy atom. The van der Waals surface area contributed by atoms with Gasteiger partial charge in [-0.1, -0.05) is 0 Å². The van der Waals surface area contributed by atoms with E-state index in [2.05, 4.69) is 10.4 Å². The van der Waals surface area contributed by atoms with Crippen LogP contribution in [0.5, 0.6) is 5.75 Å². The second-order valence-electron chi connectivity index (χ2n) is 3.79. The molecule has 0 fully saturated rings. The highest BCUT2D eigenvalue weighted by Gasteiger charge is 2.11. The zero-order chi connectivity index (χ0) is 13.1. The highest BCUT2D eigenvalue weighted by Crippen LogP contribution is 2.16. The predicted octanol–water partition coefficient (Wildman–Crippen LogP) is 1.01. The fourth-order valence-electron chi connectivity index (χ4n) is 1.70. The maximum Gasteiger partial charge on any atom is 0.351 e. The minimum absolute atomic E-state index is 0.184. The SMILES string of the molecule is CCNc1nn(C)c(=O)n1-c1ccc(OC)cc1. The molecule has 0 saturated carbocycles. The third-order valence-electron chi connectivity index (χ3n) is 2.59. The third kappa shape index (κ3) is 2.09. The van der Waals surface area contributed by atoms with E-state index in [1.165, 1.54) is 9.25 Å². The number of nitrogens with zero attached hydrogens (tertiary/aromatic N) is 3. The molecule has 0 spiro atoms. The first-order valence-corrected chi connectivity index (χ1v) is 5.71. The lowest BCUT2D eigenvalue weighted by Gasteiger charge is -2.06. The Balaban J connectivity index is 2.51. The minimum Gasteiger partial charge on any atom is -0.497 e. The fourth-order valence-corrected chi connectivity index (χ4v) is 1.70. The molecular weight excluding hydrogens is 232 g/mol. The largest absolute Gasteiger partial charge is 0.497 e. The lowest BCUT2D eigenvalue weighted by atomic mass is 10.3. The van der Waals surface area contributed by atoms with E-state index in [0.29, 0.717) is 12.5 Å². The van der Waals surface area contributed by atoms with Crippen molar-refractivity contribution < 1.29 is 4.74 Å². The maximum absolute atomic E-state index is 12.0. The number of ether oxygens (including phenoxy) is 1. The van der Waals surface area contributed by atoms with E-state index in [9.17, 15) is 4.79 Å². The minimum atomic E-state index is -0.184. The van der Waals surface area contributed by atoms with Gasteiger partial charge in [0.1, 0.15) is 5.75 Å². The summed E-state index contributed by atoms with van der Waals surface area (Å²) in [5, 5.41) is 7.21. The van der Waals surface area contributed by atoms with Crippen LogP contribution in [0.1, 0.15) is 6.92 Å². The smallest absolute Gasteiger partial charge is 0.351 e. The monoisotopic (exact) mass is 248 g/mol. The van der Waals surface area contributed by atoms with Crippen LogP contribution >= 0.6 is 0 Å². The van der Waals surface area contributed by atoms with Gasteiger partial charge in [-0.15, -0.1) is 5.10 Å². The number of nitrogens with one attached hydrogen (secondary N) is 1. The van der Waals surface area contributed by atoms with Crippen molar-refractivity contribution in [2.75, 3.05) is 19.0 Å². The number of aromatic nitrogens is 3. The van der Waals surface area contributed by atoms with Crippen LogP contribution in [0.4, 0.5) is 5.95 Å². The van der Waals surface area contributed by atoms with Crippen LogP contribution in [0.25, 0.3) is 5.69 Å². The molecule has 0 bridgehead atoms. The van der Waals surface area contributed by atoms with E-state index in [0.717, 1.165) is 11.4 Å². The molecule has 0 aliphatic carbocycles. The lowest BCUT2D eigenvalue weighted by Crippen LogP contribution is -2.22. The second-order valence-corrected chi connectivity index (χ2v) is 3.79. The normalized spacial score (nSPS) is 10.4. The molecule has 2 rings (SSSR count). The molecule has 0 atom stereocenters. The van der Waals surface area contributed by atoms with Gasteiger partial charge in [-0.25, -0.2) is 14.0 Å². The van der Waals surface area contributed by atoms with E-state index in [4.69, 9.17) is 4.74 Å². The quantitative estimate of drug-likeness (QED) is 0.877. The summed E-state index contributed by atoms with van der Waals surface area (Å²) in [6.07, 6.45) is 0. The summed E-state index contributed by atoms with van der Waals surface area (Å²) in [5.41, 5.74) is 0.570. The van der Waals surface area contributed by atoms with Gasteiger partial charge in [0.15, 0.2) is 0 Å². The van der Waals surface area contributed by atoms with Crippen molar-refractivity contribution in [1.29, 1.82) is 0 Å². The van der Waals surface area contributed by atoms with Gasteiger partial charge in [-0.3, -0.25) is 0 Å². The van der Waals surface area contributed by atoms with Crippen LogP contribution in [0, 0.1) is 0 Å². The van der Waals surface area contributed by atoms with Crippen LogP contribution in [-0.2, 0) is 7.05 Å². The molecule has 18 heavy (non-hydrogen) atoms. The van der Waals surface area contributed by atoms with E-state index in [1.54, 1.807) is 14.2 Å². The molecule has 0 amide bonds. The Hall–Kier alpha value is -2.24. The van der Waals surface area contributed by atoms with Crippen molar-refractivity contribution in [1.82, 2.24) is 14.3 Å². The summed E-state index contributed by atoms with van der Waals surface area (Å²) >= 11 is 0. The van der Waals surface area contributed by atoms with Crippen molar-refractivity contribution in [3.8, 4) is 11.4 Å². The molecule has 0 saturated heterocycles. The number of methoxy groups -OCH3 is 1. The Labute approximate surface area is 105 Å². The number of aryl methyl sites for hydroxylation is 1. The summed E-state index contributed by atoms with van der Waals surface area (Å²) in [5.74, 6) is 1.29. The molecule has 1 heterocycles. The van der Waals surface area contributed by atoms with Gasteiger partial charge >= 0.3 is 5.69 Å². The van der Waals surface area contributed by atoms with Crippen molar-refractivity contribution in [2.45, 2.75) is 6.92 Å². The van der Waals surface area contributed by atoms with Crippen LogP contribution in [0.15, 0.2) is 29.1 Å². The van der Waals surface area contributed by atoms with E-state index in [1.807, 2.05) is 31.2 Å². The Morgan fingerprint density at radius 2 is 2.00 bits per heavy atom. The van der Waals surface area contributed by atoms with E-state index in [-0.39, 0.29) is 5.69 Å². The number of benzene rings is 1. The van der Waals surface area contributed by atoms with Gasteiger partial charge in [0.05, 0.1) is 12.8 Å². The first kappa shape index (κ1) is 12.2. The zero-order valence-corrected chi connectivity index (χ0v) is 10.7. The zero-order valence-electron chi connectivity index (χ0n) is 10.7. The summed E-state index contributed by atoms with van der Waals surface area (Å²) in [6.45, 7) is 2.66. The van der Waals surface area contributed by atoms with Crippen LogP contribution in [0.2, 0.25) is 0 Å². The summed E-state index contributed by atoms with van der Waals surface area (Å²) < 4.78 is 7.93. The third-order valence-corrected chi connectivity index (χ3v) is 2.59. The average Bonchev–Trinajstić information content (AvgIpc) is 2.66. The van der Waals surface area contributed by atoms with Crippen molar-refractivity contribution in [3.05, 3.63) is 34.7 Å². The van der Waals surface area contributed by atoms with Crippen molar-refractivity contribution in [2.24, 2.45) is 7.05 Å². The Morgan fingerprint density at radius 3 is 2.56 bits per heavy atom. The van der Waals surface area contributed by atoms with Gasteiger partial charge < -0.3 is 10.1 Å². The molecule has 0 unspecified atom stereocenters. The van der Waals surface area contributed by atoms with Gasteiger partial charge in [-0.2, -0.15) is 0 Å². The molecule has 2 aromatic rings. The number of rotatable bonds is 4. The molecule has 1 aromatic carbocycles. The van der Waals surface area contributed by atoms with Gasteiger partial charge in [-0.05, 0) is 31.2 Å². The topological polar surface area (TPSA) is 61.1 Å². The van der Waals surface area contributed by atoms with Crippen LogP contribution < -0.4 is 15.7 Å². The Kier molecular flexibility index (Phi) is 3.36. The first-order valence-electron chi connectivity index (χ1n) is 5.71. The Bertz CT molecular complexity index is 583. The van der Waals surface area contributed by atoms with Crippen LogP contribution in [0.3, 0.4) is 0 Å². The highest BCUT2D eigenvalue weighted by atomic mass is 16.5. The summed E-state index contributed by atoms with van der Waals surface area (Å²) in [6, 6.07) is 7.26. The van der Waals surface area contributed by atoms with Gasteiger partial charge in [0, 0.05) is 13.6 Å². The van der Waals surface area contributed by atoms with Crippen LogP contribution in [-0.4, -0.2) is 28.0 Å². The standard InChI is InChI=1S/C12H16N4O2/c1-4-13-11-14-15(2)12(17)16(11)9-5-7-10(18-3)8-6-9/h5-8H,4H2,1-3H3,(H,13,14). The van der Waals surface area contributed by atoms with E-state index < -0.39 is 0 Å². The van der Waals surface area contributed by atoms with Crippen molar-refractivity contribution in [3.63, 3.8) is 0 Å². The fraction of sp³-hybridized carbons (Fsp3) is 0.333. The molecule has 96 valence electrons. The maximum atomic E-state index is 12.0. The molecule has 0 radical (unpaired) electrons. The van der Waals surface area contributed by atoms with Gasteiger partial charge in [0.25, 0.3) is 0 Å². The molecule has 0 aliphatic heterocycles. The summed E-state index contributed by atoms with van der Waals surface area (Å²) in [4.78, 5) is 12.0. The molecule has 6 nitrogen and oxygen atoms in total. The highest BCUT2D eigenvalue weighted by molar-refractivity contribution is 5.43. The number of hydrogen-bond acceptors (Lipinski definition) is 4. The molecule has 6 heteroatoms. The molecule has 0 aliphatic rings. The lowest BCUT2D eigenvalue weighted by molar-refractivity contribution is 0.414. The van der Waals surface area contributed by atoms with Crippen molar-refractivity contribution >= 4 is 5.95 Å². The number of hydrogen-bond donors (Lipinski definition) is 1. The summed E-state index contributed by atoms with van der Waals surface area (Å²) in [7, 11) is 3.23. The number of anilines is 1. The molecule has 1 N–H and O–H groups in total. The first-order chi connectivity index (χ1) is 8.67. The van der Waals surface area contributed by atoms with Gasteiger partial charge in [0.2, 0.25) is 5.95 Å². The average molecular weight is 248 g/mol. The molecule has 1 aromatic heterocycles. The second kappa shape index (κ2) is 4.95. The molecular formula is C12H16N4O2. The predicted molar refractivity (Wildman–Crippen MR) is 69.5 cm³/mol. The van der Waals surface area contributed by atoms with E-state index >= 15 is 0 Å².